The number of nitrogens with zero attached hydrogens (tertiary/aromatic N) is 2. The quantitative estimate of drug-likeness (QED) is 0.141. The van der Waals surface area contributed by atoms with Crippen LogP contribution in [0.5, 0.6) is 11.5 Å². The fourth-order valence-electron chi connectivity index (χ4n) is 3.54. The van der Waals surface area contributed by atoms with Crippen LogP contribution >= 0.6 is 23.1 Å². The molecule has 1 aromatic heterocycles. The summed E-state index contributed by atoms with van der Waals surface area (Å²) in [7, 11) is 0. The molecule has 1 unspecified atom stereocenters. The van der Waals surface area contributed by atoms with E-state index in [9.17, 15) is 9.59 Å². The fourth-order valence-corrected chi connectivity index (χ4v) is 5.28. The van der Waals surface area contributed by atoms with E-state index in [2.05, 4.69) is 41.4 Å². The van der Waals surface area contributed by atoms with E-state index in [1.54, 1.807) is 54.4 Å². The standard InChI is InChI=1S/C28H33N5O5S2/c1-28(2,3)22-15-30-24(38-22)17-39-25-16-31-26(40-25)33-27(35)37-19-12-10-18(11-13-19)36-14-6-9-23(34)32-21-8-5-4-7-20(21)29/h4-5,7-8,10-13,16,22H,6,9,14-15,17,29H2,1-3H3,(H,32,34)(H,31,33,35). The van der Waals surface area contributed by atoms with Gasteiger partial charge >= 0.3 is 6.09 Å². The molecule has 4 N–H and O–H groups in total. The van der Waals surface area contributed by atoms with E-state index in [1.807, 2.05) is 12.1 Å². The van der Waals surface area contributed by atoms with Gasteiger partial charge in [-0.05, 0) is 42.8 Å². The zero-order valence-corrected chi connectivity index (χ0v) is 24.3. The second kappa shape index (κ2) is 13.5. The maximum absolute atomic E-state index is 12.3. The Morgan fingerprint density at radius 1 is 1.12 bits per heavy atom. The number of ether oxygens (including phenoxy) is 3. The predicted octanol–water partition coefficient (Wildman–Crippen LogP) is 6.07. The Kier molecular flexibility index (Phi) is 9.88. The van der Waals surface area contributed by atoms with Gasteiger partial charge in [-0.2, -0.15) is 0 Å². The van der Waals surface area contributed by atoms with E-state index in [0.29, 0.717) is 59.8 Å². The number of anilines is 3. The van der Waals surface area contributed by atoms with Crippen LogP contribution in [0.1, 0.15) is 33.6 Å². The number of thiazole rings is 1. The van der Waals surface area contributed by atoms with E-state index in [4.69, 9.17) is 19.9 Å². The Labute approximate surface area is 241 Å². The number of amides is 2. The summed E-state index contributed by atoms with van der Waals surface area (Å²) < 4.78 is 17.9. The summed E-state index contributed by atoms with van der Waals surface area (Å²) in [5.74, 6) is 2.18. The smallest absolute Gasteiger partial charge is 0.418 e. The van der Waals surface area contributed by atoms with Gasteiger partial charge in [0.25, 0.3) is 0 Å². The molecule has 0 saturated heterocycles. The topological polar surface area (TPSA) is 137 Å². The van der Waals surface area contributed by atoms with Gasteiger partial charge in [0.2, 0.25) is 5.91 Å². The molecule has 1 aliphatic heterocycles. The minimum atomic E-state index is -0.638. The summed E-state index contributed by atoms with van der Waals surface area (Å²) in [4.78, 5) is 33.1. The molecule has 2 heterocycles. The normalized spacial score (nSPS) is 14.7. The number of hydrogen-bond acceptors (Lipinski definition) is 10. The maximum Gasteiger partial charge on any atom is 0.418 e. The van der Waals surface area contributed by atoms with Crippen LogP contribution in [-0.4, -0.2) is 47.9 Å². The van der Waals surface area contributed by atoms with Gasteiger partial charge < -0.3 is 25.3 Å². The summed E-state index contributed by atoms with van der Waals surface area (Å²) in [6.45, 7) is 7.46. The highest BCUT2D eigenvalue weighted by Crippen LogP contribution is 2.31. The van der Waals surface area contributed by atoms with Crippen molar-refractivity contribution < 1.29 is 23.8 Å². The molecule has 212 valence electrons. The van der Waals surface area contributed by atoms with E-state index in [1.165, 1.54) is 11.3 Å². The van der Waals surface area contributed by atoms with E-state index >= 15 is 0 Å². The average Bonchev–Trinajstić information content (AvgIpc) is 3.57. The third-order valence-electron chi connectivity index (χ3n) is 5.80. The minimum Gasteiger partial charge on any atom is -0.494 e. The number of thioether (sulfide) groups is 1. The predicted molar refractivity (Wildman–Crippen MR) is 160 cm³/mol. The molecule has 0 radical (unpaired) electrons. The van der Waals surface area contributed by atoms with Gasteiger partial charge in [-0.3, -0.25) is 15.1 Å². The van der Waals surface area contributed by atoms with Crippen LogP contribution in [-0.2, 0) is 9.53 Å². The average molecular weight is 584 g/mol. The van der Waals surface area contributed by atoms with Crippen LogP contribution < -0.4 is 25.8 Å². The fraction of sp³-hybridized carbons (Fsp3) is 0.357. The Morgan fingerprint density at radius 2 is 1.88 bits per heavy atom. The number of benzene rings is 2. The van der Waals surface area contributed by atoms with E-state index in [0.717, 1.165) is 10.1 Å². The monoisotopic (exact) mass is 583 g/mol. The van der Waals surface area contributed by atoms with Crippen LogP contribution in [0.25, 0.3) is 0 Å². The minimum absolute atomic E-state index is 0.0453. The molecule has 1 atom stereocenters. The zero-order chi connectivity index (χ0) is 28.5. The molecule has 10 nitrogen and oxygen atoms in total. The molecule has 0 aliphatic carbocycles. The molecule has 12 heteroatoms. The Morgan fingerprint density at radius 3 is 2.60 bits per heavy atom. The third-order valence-corrected chi connectivity index (χ3v) is 7.89. The summed E-state index contributed by atoms with van der Waals surface area (Å²) >= 11 is 2.91. The van der Waals surface area contributed by atoms with Crippen molar-refractivity contribution in [2.24, 2.45) is 10.4 Å². The number of aromatic nitrogens is 1. The van der Waals surface area contributed by atoms with Crippen molar-refractivity contribution in [2.45, 2.75) is 43.9 Å². The molecule has 0 saturated carbocycles. The molecule has 1 aliphatic rings. The number of carbonyl (C=O) groups excluding carboxylic acids is 2. The molecular formula is C28H33N5O5S2. The first kappa shape index (κ1) is 29.2. The van der Waals surface area contributed by atoms with Crippen molar-refractivity contribution in [3.8, 4) is 11.5 Å². The van der Waals surface area contributed by atoms with Crippen LogP contribution in [0.2, 0.25) is 0 Å². The van der Waals surface area contributed by atoms with Gasteiger partial charge in [-0.15, -0.1) is 11.8 Å². The number of hydrogen-bond donors (Lipinski definition) is 3. The lowest BCUT2D eigenvalue weighted by Crippen LogP contribution is -2.29. The number of nitrogens with one attached hydrogen (secondary N) is 2. The first-order valence-electron chi connectivity index (χ1n) is 12.8. The van der Waals surface area contributed by atoms with Gasteiger partial charge in [0.1, 0.15) is 17.6 Å². The molecule has 2 aromatic carbocycles. The Hall–Kier alpha value is -3.77. The lowest BCUT2D eigenvalue weighted by molar-refractivity contribution is -0.116. The molecule has 2 amide bonds. The summed E-state index contributed by atoms with van der Waals surface area (Å²) in [6, 6.07) is 13.8. The van der Waals surface area contributed by atoms with Gasteiger partial charge in [0.15, 0.2) is 11.0 Å². The lowest BCUT2D eigenvalue weighted by Gasteiger charge is -2.25. The highest BCUT2D eigenvalue weighted by atomic mass is 32.2. The van der Waals surface area contributed by atoms with E-state index < -0.39 is 6.09 Å². The SMILES string of the molecule is CC(C)(C)C1CN=C(CSc2cnc(NC(=O)Oc3ccc(OCCCC(=O)Nc4ccccc4N)cc3)s2)O1. The van der Waals surface area contributed by atoms with Gasteiger partial charge in [0.05, 0.1) is 40.7 Å². The highest BCUT2D eigenvalue weighted by Gasteiger charge is 2.31. The third kappa shape index (κ3) is 8.88. The van der Waals surface area contributed by atoms with Crippen molar-refractivity contribution in [3.63, 3.8) is 0 Å². The van der Waals surface area contributed by atoms with Gasteiger partial charge in [-0.1, -0.05) is 44.2 Å². The number of para-hydroxylation sites is 2. The lowest BCUT2D eigenvalue weighted by atomic mass is 9.89. The molecule has 0 spiro atoms. The number of nitrogen functional groups attached to an aromatic ring is 1. The zero-order valence-electron chi connectivity index (χ0n) is 22.6. The van der Waals surface area contributed by atoms with Crippen LogP contribution in [0.15, 0.2) is 63.9 Å². The van der Waals surface area contributed by atoms with Gasteiger partial charge in [-0.25, -0.2) is 9.78 Å². The maximum atomic E-state index is 12.3. The number of aliphatic imine (C=N–C) groups is 1. The van der Waals surface area contributed by atoms with Crippen LogP contribution in [0.3, 0.4) is 0 Å². The van der Waals surface area contributed by atoms with Crippen molar-refractivity contribution in [1.29, 1.82) is 0 Å². The second-order valence-corrected chi connectivity index (χ2v) is 12.4. The Bertz CT molecular complexity index is 1340. The highest BCUT2D eigenvalue weighted by molar-refractivity contribution is 8.01. The van der Waals surface area contributed by atoms with Crippen LogP contribution in [0.4, 0.5) is 21.3 Å². The van der Waals surface area contributed by atoms with Crippen LogP contribution in [0, 0.1) is 5.41 Å². The van der Waals surface area contributed by atoms with Crippen molar-refractivity contribution in [2.75, 3.05) is 35.3 Å². The van der Waals surface area contributed by atoms with E-state index in [-0.39, 0.29) is 17.4 Å². The van der Waals surface area contributed by atoms with Crippen molar-refractivity contribution in [1.82, 2.24) is 4.98 Å². The summed E-state index contributed by atoms with van der Waals surface area (Å²) in [5.41, 5.74) is 7.01. The molecule has 0 bridgehead atoms. The second-order valence-electron chi connectivity index (χ2n) is 10.1. The first-order chi connectivity index (χ1) is 19.2. The molecule has 3 aromatic rings. The molecule has 4 rings (SSSR count). The Balaban J connectivity index is 1.13. The number of carbonyl (C=O) groups is 2. The summed E-state index contributed by atoms with van der Waals surface area (Å²) in [5, 5.41) is 5.87. The molecular weight excluding hydrogens is 550 g/mol. The first-order valence-corrected chi connectivity index (χ1v) is 14.6. The number of rotatable bonds is 11. The van der Waals surface area contributed by atoms with Crippen molar-refractivity contribution in [3.05, 3.63) is 54.7 Å². The van der Waals surface area contributed by atoms with Gasteiger partial charge in [0, 0.05) is 11.8 Å². The van der Waals surface area contributed by atoms with Crippen molar-refractivity contribution >= 4 is 57.5 Å². The largest absolute Gasteiger partial charge is 0.494 e. The number of nitrogens with two attached hydrogens (primary N) is 1. The summed E-state index contributed by atoms with van der Waals surface area (Å²) in [6.07, 6.45) is 1.99. The molecule has 0 fully saturated rings. The molecule has 40 heavy (non-hydrogen) atoms.